The topological polar surface area (TPSA) is 86.3 Å². The van der Waals surface area contributed by atoms with E-state index in [-0.39, 0.29) is 47.1 Å². The van der Waals surface area contributed by atoms with Crippen LogP contribution in [0.4, 0.5) is 0 Å². The zero-order valence-electron chi connectivity index (χ0n) is 14.8. The Morgan fingerprint density at radius 2 is 1.80 bits per heavy atom. The molecule has 1 atom stereocenters. The fourth-order valence-corrected chi connectivity index (χ4v) is 5.57. The van der Waals surface area contributed by atoms with E-state index in [1.807, 2.05) is 18.2 Å². The van der Waals surface area contributed by atoms with Crippen LogP contribution in [0.1, 0.15) is 48.8 Å². The molecule has 0 aliphatic heterocycles. The number of hydrogen-bond donors (Lipinski definition) is 1. The SMILES string of the molecule is O=C([O-])Cc1ccc2c(c1)CC(CNS(=O)(=O)C1CCCCC1)C2.[Na+]. The average Bonchev–Trinajstić information content (AvgIpc) is 2.95. The molecule has 132 valence electrons. The summed E-state index contributed by atoms with van der Waals surface area (Å²) in [6.45, 7) is 0.462. The minimum atomic E-state index is -3.22. The summed E-state index contributed by atoms with van der Waals surface area (Å²) in [7, 11) is -3.22. The molecule has 1 saturated carbocycles. The smallest absolute Gasteiger partial charge is 0.550 e. The number of nitrogens with one attached hydrogen (secondary N) is 1. The van der Waals surface area contributed by atoms with Gasteiger partial charge in [0.05, 0.1) is 5.25 Å². The van der Waals surface area contributed by atoms with E-state index in [0.29, 0.717) is 6.54 Å². The van der Waals surface area contributed by atoms with Crippen LogP contribution >= 0.6 is 0 Å². The Kier molecular flexibility index (Phi) is 7.52. The number of carboxylic acid groups (broad SMARTS) is 1. The van der Waals surface area contributed by atoms with Crippen LogP contribution in [0, 0.1) is 5.92 Å². The second kappa shape index (κ2) is 9.00. The maximum atomic E-state index is 12.4. The normalized spacial score (nSPS) is 20.7. The van der Waals surface area contributed by atoms with Gasteiger partial charge >= 0.3 is 29.6 Å². The van der Waals surface area contributed by atoms with Crippen LogP contribution in [-0.4, -0.2) is 26.2 Å². The van der Waals surface area contributed by atoms with Crippen molar-refractivity contribution in [2.75, 3.05) is 6.54 Å². The molecule has 25 heavy (non-hydrogen) atoms. The van der Waals surface area contributed by atoms with Crippen LogP contribution in [0.5, 0.6) is 0 Å². The number of rotatable bonds is 6. The molecule has 0 radical (unpaired) electrons. The molecule has 3 rings (SSSR count). The van der Waals surface area contributed by atoms with Crippen molar-refractivity contribution in [3.63, 3.8) is 0 Å². The Morgan fingerprint density at radius 3 is 2.48 bits per heavy atom. The van der Waals surface area contributed by atoms with Crippen molar-refractivity contribution in [2.45, 2.75) is 56.6 Å². The van der Waals surface area contributed by atoms with E-state index in [1.165, 1.54) is 5.56 Å². The fourth-order valence-electron chi connectivity index (χ4n) is 3.91. The Labute approximate surface area is 171 Å². The number of carboxylic acids is 1. The van der Waals surface area contributed by atoms with Crippen molar-refractivity contribution in [3.8, 4) is 0 Å². The second-order valence-electron chi connectivity index (χ2n) is 7.08. The first-order valence-corrected chi connectivity index (χ1v) is 10.3. The van der Waals surface area contributed by atoms with E-state index in [2.05, 4.69) is 4.72 Å². The molecule has 0 aromatic heterocycles. The molecular formula is C18H24NNaO4S. The van der Waals surface area contributed by atoms with E-state index in [1.54, 1.807) is 0 Å². The Balaban J connectivity index is 0.00000225. The third kappa shape index (κ3) is 5.54. The minimum absolute atomic E-state index is 0. The third-order valence-corrected chi connectivity index (χ3v) is 7.12. The van der Waals surface area contributed by atoms with Crippen LogP contribution in [0.3, 0.4) is 0 Å². The first kappa shape index (κ1) is 20.9. The molecule has 1 unspecified atom stereocenters. The number of sulfonamides is 1. The van der Waals surface area contributed by atoms with E-state index in [9.17, 15) is 18.3 Å². The molecule has 0 heterocycles. The van der Waals surface area contributed by atoms with Gasteiger partial charge in [0.15, 0.2) is 0 Å². The Morgan fingerprint density at radius 1 is 1.12 bits per heavy atom. The first-order chi connectivity index (χ1) is 11.4. The number of hydrogen-bond acceptors (Lipinski definition) is 4. The largest absolute Gasteiger partial charge is 1.00 e. The summed E-state index contributed by atoms with van der Waals surface area (Å²) in [6, 6.07) is 5.70. The summed E-state index contributed by atoms with van der Waals surface area (Å²) in [5.41, 5.74) is 3.08. The number of fused-ring (bicyclic) bond motifs is 1. The van der Waals surface area contributed by atoms with Gasteiger partial charge in [0, 0.05) is 18.9 Å². The van der Waals surface area contributed by atoms with Gasteiger partial charge in [-0.05, 0) is 48.3 Å². The van der Waals surface area contributed by atoms with Crippen molar-refractivity contribution < 1.29 is 47.9 Å². The van der Waals surface area contributed by atoms with E-state index >= 15 is 0 Å². The zero-order chi connectivity index (χ0) is 17.2. The minimum Gasteiger partial charge on any atom is -0.550 e. The van der Waals surface area contributed by atoms with Crippen LogP contribution in [0.25, 0.3) is 0 Å². The van der Waals surface area contributed by atoms with Crippen LogP contribution in [-0.2, 0) is 34.1 Å². The second-order valence-corrected chi connectivity index (χ2v) is 9.12. The van der Waals surface area contributed by atoms with Crippen molar-refractivity contribution >= 4 is 16.0 Å². The predicted octanol–water partition coefficient (Wildman–Crippen LogP) is -2.05. The molecule has 0 spiro atoms. The standard InChI is InChI=1S/C18H25NO4S.Na/c20-18(21)11-13-6-7-15-9-14(10-16(15)8-13)12-19-24(22,23)17-4-2-1-3-5-17;/h6-8,14,17,19H,1-5,9-12H2,(H,20,21);/q;+1/p-1. The molecule has 1 N–H and O–H groups in total. The van der Waals surface area contributed by atoms with Crippen molar-refractivity contribution in [3.05, 3.63) is 34.9 Å². The zero-order valence-corrected chi connectivity index (χ0v) is 17.6. The molecule has 0 amide bonds. The third-order valence-electron chi connectivity index (χ3n) is 5.20. The monoisotopic (exact) mass is 373 g/mol. The number of carbonyl (C=O) groups excluding carboxylic acids is 1. The molecule has 0 bridgehead atoms. The van der Waals surface area contributed by atoms with Crippen molar-refractivity contribution in [1.82, 2.24) is 4.72 Å². The van der Waals surface area contributed by atoms with Gasteiger partial charge in [0.25, 0.3) is 0 Å². The number of benzene rings is 1. The molecule has 7 heteroatoms. The quantitative estimate of drug-likeness (QED) is 0.582. The van der Waals surface area contributed by atoms with Gasteiger partial charge in [-0.15, -0.1) is 0 Å². The molecule has 1 aromatic rings. The maximum Gasteiger partial charge on any atom is 1.00 e. The fraction of sp³-hybridized carbons (Fsp3) is 0.611. The van der Waals surface area contributed by atoms with E-state index in [4.69, 9.17) is 0 Å². The summed E-state index contributed by atoms with van der Waals surface area (Å²) in [4.78, 5) is 10.7. The van der Waals surface area contributed by atoms with Gasteiger partial charge in [0.1, 0.15) is 0 Å². The Bertz CT molecular complexity index is 714. The predicted molar refractivity (Wildman–Crippen MR) is 89.8 cm³/mol. The van der Waals surface area contributed by atoms with Crippen molar-refractivity contribution in [2.24, 2.45) is 5.92 Å². The van der Waals surface area contributed by atoms with Gasteiger partial charge in [-0.3, -0.25) is 0 Å². The van der Waals surface area contributed by atoms with Gasteiger partial charge < -0.3 is 9.90 Å². The molecule has 2 aliphatic rings. The summed E-state index contributed by atoms with van der Waals surface area (Å²) in [5.74, 6) is -0.832. The number of carbonyl (C=O) groups is 1. The summed E-state index contributed by atoms with van der Waals surface area (Å²) in [6.07, 6.45) is 6.24. The van der Waals surface area contributed by atoms with Gasteiger partial charge in [-0.25, -0.2) is 13.1 Å². The molecule has 1 fully saturated rings. The summed E-state index contributed by atoms with van der Waals surface area (Å²) < 4.78 is 27.6. The van der Waals surface area contributed by atoms with Crippen LogP contribution in [0.2, 0.25) is 0 Å². The van der Waals surface area contributed by atoms with E-state index in [0.717, 1.165) is 56.1 Å². The first-order valence-electron chi connectivity index (χ1n) is 8.73. The molecular weight excluding hydrogens is 349 g/mol. The Hall–Kier alpha value is -0.400. The van der Waals surface area contributed by atoms with Crippen LogP contribution < -0.4 is 39.4 Å². The molecule has 0 saturated heterocycles. The van der Waals surface area contributed by atoms with Gasteiger partial charge in [-0.1, -0.05) is 37.5 Å². The molecule has 1 aromatic carbocycles. The van der Waals surface area contributed by atoms with Crippen LogP contribution in [0.15, 0.2) is 18.2 Å². The maximum absolute atomic E-state index is 12.4. The summed E-state index contributed by atoms with van der Waals surface area (Å²) in [5, 5.41) is 10.5. The van der Waals surface area contributed by atoms with Gasteiger partial charge in [0.2, 0.25) is 10.0 Å². The molecule has 5 nitrogen and oxygen atoms in total. The summed E-state index contributed by atoms with van der Waals surface area (Å²) >= 11 is 0. The molecule has 2 aliphatic carbocycles. The number of aliphatic carboxylic acids is 1. The van der Waals surface area contributed by atoms with Gasteiger partial charge in [-0.2, -0.15) is 0 Å². The van der Waals surface area contributed by atoms with Crippen molar-refractivity contribution in [1.29, 1.82) is 0 Å². The van der Waals surface area contributed by atoms with E-state index < -0.39 is 16.0 Å². The average molecular weight is 373 g/mol.